The van der Waals surface area contributed by atoms with Crippen molar-refractivity contribution in [3.63, 3.8) is 0 Å². The van der Waals surface area contributed by atoms with Crippen LogP contribution in [-0.4, -0.2) is 23.1 Å². The lowest BCUT2D eigenvalue weighted by Crippen LogP contribution is -2.47. The molecule has 0 fully saturated rings. The van der Waals surface area contributed by atoms with Crippen LogP contribution in [0, 0.1) is 5.92 Å². The third-order valence-corrected chi connectivity index (χ3v) is 1.80. The van der Waals surface area contributed by atoms with Gasteiger partial charge in [-0.15, -0.1) is 0 Å². The molecule has 0 saturated carbocycles. The number of nitrogens with two attached hydrogens (primary N) is 1. The number of hydrogen-bond acceptors (Lipinski definition) is 2. The van der Waals surface area contributed by atoms with E-state index in [9.17, 15) is 9.59 Å². The van der Waals surface area contributed by atoms with Gasteiger partial charge in [0.25, 0.3) is 0 Å². The zero-order valence-corrected chi connectivity index (χ0v) is 7.20. The molecule has 12 heavy (non-hydrogen) atoms. The summed E-state index contributed by atoms with van der Waals surface area (Å²) in [7, 11) is 0. The molecule has 0 aromatic carbocycles. The molecule has 0 bridgehead atoms. The summed E-state index contributed by atoms with van der Waals surface area (Å²) >= 11 is 0. The van der Waals surface area contributed by atoms with Crippen molar-refractivity contribution in [3.8, 4) is 0 Å². The average Bonchev–Trinajstić information content (AvgIpc) is 1.98. The van der Waals surface area contributed by atoms with Gasteiger partial charge in [-0.1, -0.05) is 20.3 Å². The van der Waals surface area contributed by atoms with Gasteiger partial charge in [-0.3, -0.25) is 4.79 Å². The van der Waals surface area contributed by atoms with Gasteiger partial charge in [0.05, 0.1) is 0 Å². The van der Waals surface area contributed by atoms with Crippen LogP contribution >= 0.6 is 0 Å². The van der Waals surface area contributed by atoms with Gasteiger partial charge in [-0.05, 0) is 5.92 Å². The molecule has 5 nitrogen and oxygen atoms in total. The van der Waals surface area contributed by atoms with E-state index in [1.165, 1.54) is 0 Å². The fourth-order valence-electron chi connectivity index (χ4n) is 0.863. The number of rotatable bonds is 4. The summed E-state index contributed by atoms with van der Waals surface area (Å²) in [6, 6.07) is -0.785. The first-order valence-electron chi connectivity index (χ1n) is 3.77. The Morgan fingerprint density at radius 2 is 2.08 bits per heavy atom. The predicted octanol–water partition coefficient (Wildman–Crippen LogP) is 0.154. The largest absolute Gasteiger partial charge is 0.465 e. The van der Waals surface area contributed by atoms with E-state index in [0.717, 1.165) is 0 Å². The Hall–Kier alpha value is -1.26. The standard InChI is InChI=1S/C7H14N2O3/c1-3-4(2)5(6(8)10)9-7(11)12/h4-5,9H,3H2,1-2H3,(H2,8,10)(H,11,12)/t4-,5?/m0/s1. The summed E-state index contributed by atoms with van der Waals surface area (Å²) in [5.41, 5.74) is 5.00. The Bertz CT molecular complexity index is 181. The van der Waals surface area contributed by atoms with E-state index in [2.05, 4.69) is 5.32 Å². The van der Waals surface area contributed by atoms with Crippen LogP contribution in [0.15, 0.2) is 0 Å². The van der Waals surface area contributed by atoms with Crippen LogP contribution in [0.25, 0.3) is 0 Å². The first-order valence-corrected chi connectivity index (χ1v) is 3.77. The second-order valence-corrected chi connectivity index (χ2v) is 2.72. The van der Waals surface area contributed by atoms with E-state index in [1.807, 2.05) is 6.92 Å². The van der Waals surface area contributed by atoms with E-state index in [-0.39, 0.29) is 5.92 Å². The molecule has 70 valence electrons. The van der Waals surface area contributed by atoms with Gasteiger partial charge in [0.15, 0.2) is 0 Å². The Labute approximate surface area is 70.9 Å². The van der Waals surface area contributed by atoms with Crippen LogP contribution in [0.2, 0.25) is 0 Å². The number of primary amides is 1. The topological polar surface area (TPSA) is 92.4 Å². The molecule has 0 aliphatic heterocycles. The van der Waals surface area contributed by atoms with Gasteiger partial charge in [-0.25, -0.2) is 4.79 Å². The van der Waals surface area contributed by atoms with Gasteiger partial charge in [0, 0.05) is 0 Å². The van der Waals surface area contributed by atoms with Crippen molar-refractivity contribution in [2.45, 2.75) is 26.3 Å². The highest BCUT2D eigenvalue weighted by molar-refractivity contribution is 5.83. The van der Waals surface area contributed by atoms with Crippen molar-refractivity contribution in [2.75, 3.05) is 0 Å². The summed E-state index contributed by atoms with van der Waals surface area (Å²) in [5.74, 6) is -0.703. The van der Waals surface area contributed by atoms with Crippen LogP contribution in [0.3, 0.4) is 0 Å². The minimum absolute atomic E-state index is 0.0707. The molecule has 5 heteroatoms. The SMILES string of the molecule is CC[C@H](C)C(NC(=O)O)C(N)=O. The van der Waals surface area contributed by atoms with E-state index in [4.69, 9.17) is 10.8 Å². The zero-order chi connectivity index (χ0) is 9.72. The van der Waals surface area contributed by atoms with Crippen LogP contribution in [0.1, 0.15) is 20.3 Å². The summed E-state index contributed by atoms with van der Waals surface area (Å²) in [6.07, 6.45) is -0.521. The number of amides is 2. The Morgan fingerprint density at radius 3 is 2.33 bits per heavy atom. The minimum Gasteiger partial charge on any atom is -0.465 e. The average molecular weight is 174 g/mol. The lowest BCUT2D eigenvalue weighted by atomic mass is 9.99. The quantitative estimate of drug-likeness (QED) is 0.566. The molecule has 0 rings (SSSR count). The molecule has 1 unspecified atom stereocenters. The normalized spacial score (nSPS) is 14.8. The summed E-state index contributed by atoms with van der Waals surface area (Å²) in [6.45, 7) is 3.63. The summed E-state index contributed by atoms with van der Waals surface area (Å²) < 4.78 is 0. The van der Waals surface area contributed by atoms with Gasteiger partial charge in [-0.2, -0.15) is 0 Å². The Kier molecular flexibility index (Phi) is 4.10. The highest BCUT2D eigenvalue weighted by Gasteiger charge is 2.22. The molecule has 0 aliphatic rings. The number of carbonyl (C=O) groups excluding carboxylic acids is 1. The monoisotopic (exact) mass is 174 g/mol. The molecule has 2 amide bonds. The van der Waals surface area contributed by atoms with Gasteiger partial charge >= 0.3 is 6.09 Å². The molecular weight excluding hydrogens is 160 g/mol. The second-order valence-electron chi connectivity index (χ2n) is 2.72. The number of nitrogens with one attached hydrogen (secondary N) is 1. The highest BCUT2D eigenvalue weighted by atomic mass is 16.4. The lowest BCUT2D eigenvalue weighted by Gasteiger charge is -2.18. The smallest absolute Gasteiger partial charge is 0.405 e. The zero-order valence-electron chi connectivity index (χ0n) is 7.20. The first-order chi connectivity index (χ1) is 5.49. The third-order valence-electron chi connectivity index (χ3n) is 1.80. The molecule has 0 saturated heterocycles. The van der Waals surface area contributed by atoms with E-state index in [0.29, 0.717) is 6.42 Å². The maximum Gasteiger partial charge on any atom is 0.405 e. The Morgan fingerprint density at radius 1 is 1.58 bits per heavy atom. The lowest BCUT2D eigenvalue weighted by molar-refractivity contribution is -0.121. The molecule has 0 radical (unpaired) electrons. The van der Waals surface area contributed by atoms with Crippen molar-refractivity contribution in [3.05, 3.63) is 0 Å². The van der Waals surface area contributed by atoms with Gasteiger partial charge in [0.1, 0.15) is 6.04 Å². The van der Waals surface area contributed by atoms with E-state index in [1.54, 1.807) is 6.92 Å². The molecular formula is C7H14N2O3. The summed E-state index contributed by atoms with van der Waals surface area (Å²) in [5, 5.41) is 10.4. The molecule has 0 aliphatic carbocycles. The van der Waals surface area contributed by atoms with Crippen molar-refractivity contribution in [1.29, 1.82) is 0 Å². The number of carboxylic acid groups (broad SMARTS) is 1. The van der Waals surface area contributed by atoms with Gasteiger partial charge < -0.3 is 16.2 Å². The van der Waals surface area contributed by atoms with E-state index < -0.39 is 18.0 Å². The number of hydrogen-bond donors (Lipinski definition) is 3. The Balaban J connectivity index is 4.22. The maximum atomic E-state index is 10.7. The molecule has 0 aromatic rings. The van der Waals surface area contributed by atoms with Crippen molar-refractivity contribution < 1.29 is 14.7 Å². The van der Waals surface area contributed by atoms with Crippen LogP contribution in [0.5, 0.6) is 0 Å². The number of carbonyl (C=O) groups is 2. The molecule has 0 spiro atoms. The summed E-state index contributed by atoms with van der Waals surface area (Å²) in [4.78, 5) is 20.9. The van der Waals surface area contributed by atoms with Crippen LogP contribution in [-0.2, 0) is 4.79 Å². The fourth-order valence-corrected chi connectivity index (χ4v) is 0.863. The predicted molar refractivity (Wildman–Crippen MR) is 43.6 cm³/mol. The highest BCUT2D eigenvalue weighted by Crippen LogP contribution is 2.06. The van der Waals surface area contributed by atoms with Crippen molar-refractivity contribution >= 4 is 12.0 Å². The van der Waals surface area contributed by atoms with Gasteiger partial charge in [0.2, 0.25) is 5.91 Å². The molecule has 0 heterocycles. The fraction of sp³-hybridized carbons (Fsp3) is 0.714. The van der Waals surface area contributed by atoms with Crippen molar-refractivity contribution in [1.82, 2.24) is 5.32 Å². The third kappa shape index (κ3) is 3.23. The molecule has 2 atom stereocenters. The maximum absolute atomic E-state index is 10.7. The second kappa shape index (κ2) is 4.58. The van der Waals surface area contributed by atoms with Crippen LogP contribution < -0.4 is 11.1 Å². The molecule has 4 N–H and O–H groups in total. The molecule has 0 aromatic heterocycles. The van der Waals surface area contributed by atoms with E-state index >= 15 is 0 Å². The first kappa shape index (κ1) is 10.7. The van der Waals surface area contributed by atoms with Crippen LogP contribution in [0.4, 0.5) is 4.79 Å². The van der Waals surface area contributed by atoms with Crippen molar-refractivity contribution in [2.24, 2.45) is 11.7 Å². The minimum atomic E-state index is -1.22.